The fourth-order valence-electron chi connectivity index (χ4n) is 4.63. The molecule has 0 atom stereocenters. The molecule has 0 bridgehead atoms. The van der Waals surface area contributed by atoms with E-state index < -0.39 is 10.0 Å². The number of ether oxygens (including phenoxy) is 2. The maximum Gasteiger partial charge on any atom is 0.236 e. The van der Waals surface area contributed by atoms with Crippen LogP contribution in [0.3, 0.4) is 0 Å². The second-order valence-electron chi connectivity index (χ2n) is 10.3. The highest BCUT2D eigenvalue weighted by molar-refractivity contribution is 7.92. The van der Waals surface area contributed by atoms with Crippen LogP contribution in [0.4, 0.5) is 5.69 Å². The van der Waals surface area contributed by atoms with E-state index in [1.165, 1.54) is 4.31 Å². The van der Waals surface area contributed by atoms with Gasteiger partial charge in [-0.15, -0.1) is 0 Å². The van der Waals surface area contributed by atoms with E-state index in [0.717, 1.165) is 62.5 Å². The van der Waals surface area contributed by atoms with E-state index in [2.05, 4.69) is 30.2 Å². The Morgan fingerprint density at radius 1 is 1.09 bits per heavy atom. The zero-order chi connectivity index (χ0) is 23.6. The van der Waals surface area contributed by atoms with Crippen molar-refractivity contribution in [2.24, 2.45) is 5.92 Å². The minimum absolute atomic E-state index is 0.0902. The topological polar surface area (TPSA) is 76.9 Å². The summed E-state index contributed by atoms with van der Waals surface area (Å²) in [6.45, 7) is 12.5. The van der Waals surface area contributed by atoms with Gasteiger partial charge in [0.2, 0.25) is 10.0 Å². The third-order valence-electron chi connectivity index (χ3n) is 6.73. The zero-order valence-corrected chi connectivity index (χ0v) is 21.2. The number of hydrogen-bond donors (Lipinski definition) is 0. The molecule has 0 saturated carbocycles. The fourth-order valence-corrected chi connectivity index (χ4v) is 5.82. The molecule has 0 spiro atoms. The first-order chi connectivity index (χ1) is 15.6. The van der Waals surface area contributed by atoms with Crippen molar-refractivity contribution in [3.05, 3.63) is 24.0 Å². The van der Waals surface area contributed by atoms with Gasteiger partial charge < -0.3 is 14.0 Å². The molecule has 0 radical (unpaired) electrons. The maximum atomic E-state index is 13.0. The Balaban J connectivity index is 1.57. The predicted octanol–water partition coefficient (Wildman–Crippen LogP) is 2.86. The zero-order valence-electron chi connectivity index (χ0n) is 20.4. The molecular weight excluding hydrogens is 440 g/mol. The van der Waals surface area contributed by atoms with Gasteiger partial charge in [0, 0.05) is 51.9 Å². The summed E-state index contributed by atoms with van der Waals surface area (Å²) in [7, 11) is -1.79. The second kappa shape index (κ2) is 9.90. The van der Waals surface area contributed by atoms with Crippen LogP contribution in [0.1, 0.15) is 39.4 Å². The van der Waals surface area contributed by atoms with E-state index in [9.17, 15) is 8.42 Å². The van der Waals surface area contributed by atoms with Crippen LogP contribution in [-0.4, -0.2) is 81.7 Å². The van der Waals surface area contributed by atoms with E-state index in [1.54, 1.807) is 7.05 Å². The highest BCUT2D eigenvalue weighted by atomic mass is 32.2. The Morgan fingerprint density at radius 3 is 2.42 bits per heavy atom. The van der Waals surface area contributed by atoms with E-state index in [4.69, 9.17) is 14.5 Å². The highest BCUT2D eigenvalue weighted by Crippen LogP contribution is 2.31. The number of nitrogens with zero attached hydrogens (tertiary/aromatic N) is 4. The first-order valence-corrected chi connectivity index (χ1v) is 13.6. The quantitative estimate of drug-likeness (QED) is 0.609. The number of benzene rings is 1. The van der Waals surface area contributed by atoms with Gasteiger partial charge in [-0.2, -0.15) is 0 Å². The van der Waals surface area contributed by atoms with Crippen LogP contribution in [0.25, 0.3) is 11.0 Å². The summed E-state index contributed by atoms with van der Waals surface area (Å²) in [5.74, 6) is 1.70. The van der Waals surface area contributed by atoms with Gasteiger partial charge in [0.05, 0.1) is 35.7 Å². The van der Waals surface area contributed by atoms with Crippen LogP contribution in [0.5, 0.6) is 0 Å². The number of imidazole rings is 1. The summed E-state index contributed by atoms with van der Waals surface area (Å²) in [6.07, 6.45) is 2.12. The van der Waals surface area contributed by atoms with Crippen molar-refractivity contribution < 1.29 is 17.9 Å². The Morgan fingerprint density at radius 2 is 1.76 bits per heavy atom. The van der Waals surface area contributed by atoms with Crippen LogP contribution in [0, 0.1) is 5.92 Å². The van der Waals surface area contributed by atoms with Gasteiger partial charge in [-0.05, 0) is 37.0 Å². The Hall–Kier alpha value is -1.68. The number of hydrogen-bond acceptors (Lipinski definition) is 6. The Labute approximate surface area is 197 Å². The van der Waals surface area contributed by atoms with Crippen molar-refractivity contribution in [2.75, 3.05) is 63.2 Å². The SMILES string of the molecule is CN(c1ccc2c(c1)nc(C(C)(C)C)n2CC1CCOCC1)S(=O)(=O)CCN1CCOCC1. The van der Waals surface area contributed by atoms with Crippen molar-refractivity contribution in [3.8, 4) is 0 Å². The highest BCUT2D eigenvalue weighted by Gasteiger charge is 2.27. The van der Waals surface area contributed by atoms with Crippen LogP contribution >= 0.6 is 0 Å². The summed E-state index contributed by atoms with van der Waals surface area (Å²) in [6, 6.07) is 5.85. The van der Waals surface area contributed by atoms with Gasteiger partial charge in [-0.25, -0.2) is 13.4 Å². The van der Waals surface area contributed by atoms with Crippen molar-refractivity contribution in [3.63, 3.8) is 0 Å². The molecule has 2 fully saturated rings. The van der Waals surface area contributed by atoms with Crippen molar-refractivity contribution in [1.82, 2.24) is 14.5 Å². The minimum atomic E-state index is -3.43. The molecular formula is C24H38N4O4S. The molecule has 0 unspecified atom stereocenters. The molecule has 2 aliphatic heterocycles. The molecule has 2 aliphatic rings. The molecule has 4 rings (SSSR count). The van der Waals surface area contributed by atoms with Crippen LogP contribution < -0.4 is 4.31 Å². The molecule has 9 heteroatoms. The summed E-state index contributed by atoms with van der Waals surface area (Å²) in [4.78, 5) is 7.13. The van der Waals surface area contributed by atoms with Gasteiger partial charge in [-0.3, -0.25) is 9.21 Å². The number of rotatable bonds is 7. The molecule has 3 heterocycles. The summed E-state index contributed by atoms with van der Waals surface area (Å²) < 4.78 is 40.7. The number of aromatic nitrogens is 2. The molecule has 33 heavy (non-hydrogen) atoms. The standard InChI is InChI=1S/C24H38N4O4S/c1-24(2,3)23-25-21-17-20(5-6-22(21)28(23)18-19-7-12-31-13-8-19)26(4)33(29,30)16-11-27-9-14-32-15-10-27/h5-6,17,19H,7-16,18H2,1-4H3. The van der Waals surface area contributed by atoms with E-state index >= 15 is 0 Å². The maximum absolute atomic E-state index is 13.0. The van der Waals surface area contributed by atoms with Crippen LogP contribution in [0.2, 0.25) is 0 Å². The summed E-state index contributed by atoms with van der Waals surface area (Å²) in [5, 5.41) is 0. The van der Waals surface area contributed by atoms with Gasteiger partial charge in [-0.1, -0.05) is 20.8 Å². The van der Waals surface area contributed by atoms with Crippen LogP contribution in [-0.2, 0) is 31.5 Å². The molecule has 184 valence electrons. The summed E-state index contributed by atoms with van der Waals surface area (Å²) in [5.41, 5.74) is 2.45. The Bertz CT molecular complexity index is 1050. The monoisotopic (exact) mass is 478 g/mol. The minimum Gasteiger partial charge on any atom is -0.381 e. The lowest BCUT2D eigenvalue weighted by Gasteiger charge is -2.27. The second-order valence-corrected chi connectivity index (χ2v) is 12.4. The number of sulfonamides is 1. The first-order valence-electron chi connectivity index (χ1n) is 12.0. The number of fused-ring (bicyclic) bond motifs is 1. The van der Waals surface area contributed by atoms with E-state index in [0.29, 0.717) is 31.4 Å². The third kappa shape index (κ3) is 5.70. The number of morpholine rings is 1. The average molecular weight is 479 g/mol. The van der Waals surface area contributed by atoms with Crippen molar-refractivity contribution in [2.45, 2.75) is 45.6 Å². The lowest BCUT2D eigenvalue weighted by atomic mass is 9.94. The smallest absolute Gasteiger partial charge is 0.236 e. The lowest BCUT2D eigenvalue weighted by molar-refractivity contribution is 0.0408. The van der Waals surface area contributed by atoms with Gasteiger partial charge in [0.25, 0.3) is 0 Å². The Kier molecular flexibility index (Phi) is 7.33. The van der Waals surface area contributed by atoms with E-state index in [1.807, 2.05) is 18.2 Å². The predicted molar refractivity (Wildman–Crippen MR) is 131 cm³/mol. The van der Waals surface area contributed by atoms with Crippen molar-refractivity contribution in [1.29, 1.82) is 0 Å². The van der Waals surface area contributed by atoms with Crippen molar-refractivity contribution >= 4 is 26.7 Å². The molecule has 0 N–H and O–H groups in total. The molecule has 1 aromatic carbocycles. The third-order valence-corrected chi connectivity index (χ3v) is 8.48. The van der Waals surface area contributed by atoms with Gasteiger partial charge in [0.15, 0.2) is 0 Å². The molecule has 0 aliphatic carbocycles. The lowest BCUT2D eigenvalue weighted by Crippen LogP contribution is -2.41. The normalized spacial score (nSPS) is 19.3. The van der Waals surface area contributed by atoms with Gasteiger partial charge in [0.1, 0.15) is 5.82 Å². The van der Waals surface area contributed by atoms with E-state index in [-0.39, 0.29) is 11.2 Å². The molecule has 8 nitrogen and oxygen atoms in total. The molecule has 2 saturated heterocycles. The van der Waals surface area contributed by atoms with Gasteiger partial charge >= 0.3 is 0 Å². The first kappa shape index (κ1) is 24.4. The molecule has 0 amide bonds. The fraction of sp³-hybridized carbons (Fsp3) is 0.708. The number of anilines is 1. The summed E-state index contributed by atoms with van der Waals surface area (Å²) >= 11 is 0. The average Bonchev–Trinajstić information content (AvgIpc) is 3.17. The molecule has 2 aromatic rings. The largest absolute Gasteiger partial charge is 0.381 e. The van der Waals surface area contributed by atoms with Crippen LogP contribution in [0.15, 0.2) is 18.2 Å². The molecule has 1 aromatic heterocycles.